The van der Waals surface area contributed by atoms with Gasteiger partial charge in [-0.2, -0.15) is 0 Å². The summed E-state index contributed by atoms with van der Waals surface area (Å²) in [5, 5.41) is 0. The molecule has 0 unspecified atom stereocenters. The van der Waals surface area contributed by atoms with E-state index in [2.05, 4.69) is 0 Å². The molecule has 86 valence electrons. The Morgan fingerprint density at radius 2 is 1.80 bits per heavy atom. The third kappa shape index (κ3) is 3.50. The Kier molecular flexibility index (Phi) is 5.90. The van der Waals surface area contributed by atoms with Gasteiger partial charge in [-0.1, -0.05) is 20.8 Å². The standard InChI is InChI=1S/C11H18O4/c1-5-9(8-12)10(13)15-11(6-2,7-3)14-4/h5-7H2,1-4H3. The van der Waals surface area contributed by atoms with Gasteiger partial charge in [0, 0.05) is 20.0 Å². The predicted molar refractivity (Wildman–Crippen MR) is 55.9 cm³/mol. The minimum absolute atomic E-state index is 0.0123. The molecule has 0 aliphatic heterocycles. The van der Waals surface area contributed by atoms with Gasteiger partial charge in [0.25, 0.3) is 0 Å². The monoisotopic (exact) mass is 214 g/mol. The molecular formula is C11H18O4. The molecule has 0 rings (SSSR count). The van der Waals surface area contributed by atoms with Crippen molar-refractivity contribution >= 4 is 11.9 Å². The van der Waals surface area contributed by atoms with Gasteiger partial charge in [-0.25, -0.2) is 9.59 Å². The first kappa shape index (κ1) is 13.9. The molecule has 0 amide bonds. The fourth-order valence-corrected chi connectivity index (χ4v) is 1.21. The van der Waals surface area contributed by atoms with Gasteiger partial charge in [0.05, 0.1) is 0 Å². The summed E-state index contributed by atoms with van der Waals surface area (Å²) in [6.07, 6.45) is 1.40. The van der Waals surface area contributed by atoms with Crippen LogP contribution in [0.4, 0.5) is 0 Å². The lowest BCUT2D eigenvalue weighted by Crippen LogP contribution is -2.36. The average Bonchev–Trinajstić information content (AvgIpc) is 2.28. The van der Waals surface area contributed by atoms with E-state index in [-0.39, 0.29) is 5.57 Å². The van der Waals surface area contributed by atoms with Gasteiger partial charge < -0.3 is 9.47 Å². The van der Waals surface area contributed by atoms with Crippen LogP contribution in [-0.2, 0) is 19.1 Å². The van der Waals surface area contributed by atoms with Crippen molar-refractivity contribution in [2.24, 2.45) is 0 Å². The quantitative estimate of drug-likeness (QED) is 0.293. The SMILES string of the molecule is CCC(=C=O)C(=O)OC(CC)(CC)OC. The smallest absolute Gasteiger partial charge is 0.347 e. The first-order valence-corrected chi connectivity index (χ1v) is 5.11. The molecule has 0 N–H and O–H groups in total. The Bertz CT molecular complexity index is 251. The normalized spacial score (nSPS) is 10.7. The maximum Gasteiger partial charge on any atom is 0.347 e. The largest absolute Gasteiger partial charge is 0.429 e. The number of methoxy groups -OCH3 is 1. The number of esters is 1. The lowest BCUT2D eigenvalue weighted by molar-refractivity contribution is -0.220. The van der Waals surface area contributed by atoms with Crippen LogP contribution in [-0.4, -0.2) is 24.8 Å². The lowest BCUT2D eigenvalue weighted by atomic mass is 10.1. The molecule has 0 spiro atoms. The summed E-state index contributed by atoms with van der Waals surface area (Å²) in [4.78, 5) is 21.9. The van der Waals surface area contributed by atoms with E-state index in [4.69, 9.17) is 9.47 Å². The summed E-state index contributed by atoms with van der Waals surface area (Å²) < 4.78 is 10.3. The van der Waals surface area contributed by atoms with Gasteiger partial charge in [-0.05, 0) is 6.42 Å². The summed E-state index contributed by atoms with van der Waals surface area (Å²) in [5.74, 6) is 0.0200. The van der Waals surface area contributed by atoms with Crippen molar-refractivity contribution in [3.8, 4) is 0 Å². The lowest BCUT2D eigenvalue weighted by Gasteiger charge is -2.29. The summed E-state index contributed by atoms with van der Waals surface area (Å²) in [7, 11) is 1.48. The van der Waals surface area contributed by atoms with Crippen LogP contribution in [0.5, 0.6) is 0 Å². The predicted octanol–water partition coefficient (Wildman–Crippen LogP) is 1.86. The van der Waals surface area contributed by atoms with Crippen LogP contribution in [0, 0.1) is 0 Å². The molecule has 0 atom stereocenters. The Balaban J connectivity index is 4.69. The van der Waals surface area contributed by atoms with E-state index in [1.54, 1.807) is 12.9 Å². The molecule has 0 aliphatic carbocycles. The second-order valence-electron chi connectivity index (χ2n) is 3.15. The van der Waals surface area contributed by atoms with E-state index in [1.807, 2.05) is 13.8 Å². The third-order valence-electron chi connectivity index (χ3n) is 2.45. The molecule has 15 heavy (non-hydrogen) atoms. The highest BCUT2D eigenvalue weighted by Crippen LogP contribution is 2.22. The van der Waals surface area contributed by atoms with Crippen LogP contribution in [0.1, 0.15) is 40.0 Å². The van der Waals surface area contributed by atoms with Gasteiger partial charge in [-0.3, -0.25) is 0 Å². The molecule has 4 heteroatoms. The van der Waals surface area contributed by atoms with Crippen molar-refractivity contribution in [3.05, 3.63) is 5.57 Å². The minimum atomic E-state index is -0.922. The molecule has 0 saturated carbocycles. The minimum Gasteiger partial charge on any atom is -0.429 e. The fraction of sp³-hybridized carbons (Fsp3) is 0.727. The highest BCUT2D eigenvalue weighted by atomic mass is 16.7. The molecule has 0 aromatic carbocycles. The summed E-state index contributed by atoms with van der Waals surface area (Å²) in [6.45, 7) is 5.42. The zero-order valence-corrected chi connectivity index (χ0v) is 9.75. The van der Waals surface area contributed by atoms with E-state index in [1.165, 1.54) is 7.11 Å². The fourth-order valence-electron chi connectivity index (χ4n) is 1.21. The van der Waals surface area contributed by atoms with E-state index in [0.717, 1.165) is 0 Å². The highest BCUT2D eigenvalue weighted by Gasteiger charge is 2.31. The average molecular weight is 214 g/mol. The van der Waals surface area contributed by atoms with Crippen LogP contribution >= 0.6 is 0 Å². The molecule has 0 bridgehead atoms. The van der Waals surface area contributed by atoms with Crippen LogP contribution in [0.25, 0.3) is 0 Å². The van der Waals surface area contributed by atoms with Crippen molar-refractivity contribution in [2.45, 2.75) is 45.8 Å². The molecule has 0 aromatic heterocycles. The first-order chi connectivity index (χ1) is 7.09. The third-order valence-corrected chi connectivity index (χ3v) is 2.45. The van der Waals surface area contributed by atoms with Crippen LogP contribution in [0.2, 0.25) is 0 Å². The number of hydrogen-bond acceptors (Lipinski definition) is 4. The first-order valence-electron chi connectivity index (χ1n) is 5.11. The van der Waals surface area contributed by atoms with Gasteiger partial charge in [0.15, 0.2) is 0 Å². The van der Waals surface area contributed by atoms with E-state index in [9.17, 15) is 9.59 Å². The maximum atomic E-state index is 11.5. The Hall–Kier alpha value is -1.12. The van der Waals surface area contributed by atoms with Crippen molar-refractivity contribution in [3.63, 3.8) is 0 Å². The molecule has 4 nitrogen and oxygen atoms in total. The molecule has 0 saturated heterocycles. The highest BCUT2D eigenvalue weighted by molar-refractivity contribution is 5.96. The number of carbonyl (C=O) groups excluding carboxylic acids is 2. The summed E-state index contributed by atoms with van der Waals surface area (Å²) >= 11 is 0. The van der Waals surface area contributed by atoms with Gasteiger partial charge >= 0.3 is 5.97 Å². The Morgan fingerprint density at radius 1 is 1.27 bits per heavy atom. The molecule has 0 fully saturated rings. The van der Waals surface area contributed by atoms with Crippen LogP contribution < -0.4 is 0 Å². The van der Waals surface area contributed by atoms with Gasteiger partial charge in [0.1, 0.15) is 11.5 Å². The molecule has 0 aromatic rings. The van der Waals surface area contributed by atoms with Crippen LogP contribution in [0.3, 0.4) is 0 Å². The van der Waals surface area contributed by atoms with E-state index in [0.29, 0.717) is 19.3 Å². The van der Waals surface area contributed by atoms with Crippen molar-refractivity contribution in [2.75, 3.05) is 7.11 Å². The second kappa shape index (κ2) is 6.38. The van der Waals surface area contributed by atoms with E-state index < -0.39 is 11.8 Å². The topological polar surface area (TPSA) is 52.6 Å². The van der Waals surface area contributed by atoms with E-state index >= 15 is 0 Å². The van der Waals surface area contributed by atoms with Crippen molar-refractivity contribution < 1.29 is 19.1 Å². The second-order valence-corrected chi connectivity index (χ2v) is 3.15. The molecule has 0 aliphatic rings. The molecular weight excluding hydrogens is 196 g/mol. The number of rotatable bonds is 6. The zero-order valence-electron chi connectivity index (χ0n) is 9.75. The van der Waals surface area contributed by atoms with Gasteiger partial charge in [0.2, 0.25) is 5.79 Å². The number of ether oxygens (including phenoxy) is 2. The number of carbonyl (C=O) groups is 1. The molecule has 0 radical (unpaired) electrons. The van der Waals surface area contributed by atoms with Crippen LogP contribution in [0.15, 0.2) is 5.57 Å². The number of hydrogen-bond donors (Lipinski definition) is 0. The van der Waals surface area contributed by atoms with Gasteiger partial charge in [-0.15, -0.1) is 0 Å². The molecule has 0 heterocycles. The maximum absolute atomic E-state index is 11.5. The Morgan fingerprint density at radius 3 is 2.07 bits per heavy atom. The summed E-state index contributed by atoms with van der Waals surface area (Å²) in [6, 6.07) is 0. The van der Waals surface area contributed by atoms with Crippen molar-refractivity contribution in [1.29, 1.82) is 0 Å². The Labute approximate surface area is 90.2 Å². The van der Waals surface area contributed by atoms with Crippen molar-refractivity contribution in [1.82, 2.24) is 0 Å². The summed E-state index contributed by atoms with van der Waals surface area (Å²) in [5.41, 5.74) is 0.0123. The zero-order chi connectivity index (χ0) is 11.9.